The lowest BCUT2D eigenvalue weighted by Crippen LogP contribution is -2.53. The fraction of sp³-hybridized carbons (Fsp3) is 0.667. The third kappa shape index (κ3) is 7.24. The van der Waals surface area contributed by atoms with E-state index in [4.69, 9.17) is 9.47 Å². The van der Waals surface area contributed by atoms with Gasteiger partial charge in [0.05, 0.1) is 5.69 Å². The maximum absolute atomic E-state index is 13.2. The van der Waals surface area contributed by atoms with Gasteiger partial charge in [-0.1, -0.05) is 0 Å². The van der Waals surface area contributed by atoms with Crippen LogP contribution in [0.3, 0.4) is 0 Å². The molecule has 0 spiro atoms. The van der Waals surface area contributed by atoms with Crippen molar-refractivity contribution < 1.29 is 33.8 Å². The van der Waals surface area contributed by atoms with Gasteiger partial charge in [0, 0.05) is 19.2 Å². The summed E-state index contributed by atoms with van der Waals surface area (Å²) in [5, 5.41) is 11.9. The molecule has 0 bridgehead atoms. The van der Waals surface area contributed by atoms with Crippen molar-refractivity contribution in [1.82, 2.24) is 19.8 Å². The molecule has 1 aliphatic rings. The smallest absolute Gasteiger partial charge is 0.419 e. The third-order valence-electron chi connectivity index (χ3n) is 4.46. The average Bonchev–Trinajstić information content (AvgIpc) is 3.27. The first-order valence-corrected chi connectivity index (χ1v) is 10.5. The van der Waals surface area contributed by atoms with Crippen molar-refractivity contribution in [2.24, 2.45) is 0 Å². The van der Waals surface area contributed by atoms with E-state index in [0.717, 1.165) is 4.57 Å². The molecule has 0 radical (unpaired) electrons. The summed E-state index contributed by atoms with van der Waals surface area (Å²) in [6.45, 7) is 10.5. The van der Waals surface area contributed by atoms with Gasteiger partial charge in [-0.15, -0.1) is 0 Å². The van der Waals surface area contributed by atoms with Crippen molar-refractivity contribution in [1.29, 1.82) is 0 Å². The zero-order valence-electron chi connectivity index (χ0n) is 19.4. The highest BCUT2D eigenvalue weighted by Crippen LogP contribution is 2.20. The molecule has 0 aromatic carbocycles. The van der Waals surface area contributed by atoms with Gasteiger partial charge < -0.3 is 24.8 Å². The van der Waals surface area contributed by atoms with Crippen LogP contribution in [0.5, 0.6) is 0 Å². The molecular weight excluding hydrogens is 420 g/mol. The number of aromatic nitrogens is 2. The molecule has 2 unspecified atom stereocenters. The maximum Gasteiger partial charge on any atom is 0.419 e. The molecular formula is C21H32N4O7. The standard InChI is InChI=1S/C21H32N4O7/c1-20(2,3)31-18(29)23-14(16(26)25-9-7-8-15(25)17(27)28)10-13-11-24(12-22-13)19(30)32-21(4,5)6/h11-12,14-15H,7-10H2,1-6H3,(H,23,29)(H,27,28). The van der Waals surface area contributed by atoms with Crippen LogP contribution in [0.2, 0.25) is 0 Å². The molecule has 2 atom stereocenters. The Bertz CT molecular complexity index is 866. The van der Waals surface area contributed by atoms with E-state index in [0.29, 0.717) is 18.5 Å². The number of imidazole rings is 1. The Balaban J connectivity index is 2.21. The summed E-state index contributed by atoms with van der Waals surface area (Å²) in [4.78, 5) is 54.6. The zero-order valence-corrected chi connectivity index (χ0v) is 19.4. The normalized spacial score (nSPS) is 17.6. The Morgan fingerprint density at radius 1 is 1.16 bits per heavy atom. The van der Waals surface area contributed by atoms with Crippen LogP contribution < -0.4 is 5.32 Å². The van der Waals surface area contributed by atoms with Gasteiger partial charge in [0.1, 0.15) is 29.6 Å². The Hall–Kier alpha value is -3.11. The van der Waals surface area contributed by atoms with E-state index in [-0.39, 0.29) is 13.0 Å². The predicted molar refractivity (Wildman–Crippen MR) is 113 cm³/mol. The van der Waals surface area contributed by atoms with Crippen molar-refractivity contribution in [2.45, 2.75) is 84.1 Å². The lowest BCUT2D eigenvalue weighted by Gasteiger charge is -2.28. The highest BCUT2D eigenvalue weighted by atomic mass is 16.6. The first-order chi connectivity index (χ1) is 14.7. The predicted octanol–water partition coefficient (Wildman–Crippen LogP) is 2.18. The SMILES string of the molecule is CC(C)(C)OC(=O)NC(Cc1cn(C(=O)OC(C)(C)C)cn1)C(=O)N1CCCC1C(=O)O. The second-order valence-corrected chi connectivity index (χ2v) is 9.68. The van der Waals surface area contributed by atoms with Gasteiger partial charge in [-0.2, -0.15) is 0 Å². The van der Waals surface area contributed by atoms with E-state index in [1.807, 2.05) is 0 Å². The Morgan fingerprint density at radius 2 is 1.78 bits per heavy atom. The third-order valence-corrected chi connectivity index (χ3v) is 4.46. The van der Waals surface area contributed by atoms with E-state index in [2.05, 4.69) is 10.3 Å². The van der Waals surface area contributed by atoms with E-state index < -0.39 is 47.3 Å². The van der Waals surface area contributed by atoms with E-state index in [1.54, 1.807) is 41.5 Å². The number of rotatable bonds is 5. The summed E-state index contributed by atoms with van der Waals surface area (Å²) in [7, 11) is 0. The molecule has 1 aliphatic heterocycles. The number of amides is 2. The minimum atomic E-state index is -1.12. The number of alkyl carbamates (subject to hydrolysis) is 1. The van der Waals surface area contributed by atoms with Gasteiger partial charge in [0.25, 0.3) is 0 Å². The summed E-state index contributed by atoms with van der Waals surface area (Å²) in [5.74, 6) is -1.64. The lowest BCUT2D eigenvalue weighted by atomic mass is 10.1. The number of carboxylic acid groups (broad SMARTS) is 1. The molecule has 2 amide bonds. The molecule has 0 saturated carbocycles. The fourth-order valence-electron chi connectivity index (χ4n) is 3.23. The number of hydrogen-bond acceptors (Lipinski definition) is 7. The van der Waals surface area contributed by atoms with Crippen molar-refractivity contribution >= 4 is 24.1 Å². The monoisotopic (exact) mass is 452 g/mol. The number of aliphatic carboxylic acids is 1. The topological polar surface area (TPSA) is 140 Å². The second-order valence-electron chi connectivity index (χ2n) is 9.68. The van der Waals surface area contributed by atoms with Gasteiger partial charge in [0.15, 0.2) is 0 Å². The van der Waals surface area contributed by atoms with Gasteiger partial charge in [0.2, 0.25) is 5.91 Å². The largest absolute Gasteiger partial charge is 0.480 e. The lowest BCUT2D eigenvalue weighted by molar-refractivity contribution is -0.149. The van der Waals surface area contributed by atoms with Crippen LogP contribution in [0.15, 0.2) is 12.5 Å². The van der Waals surface area contributed by atoms with Crippen LogP contribution >= 0.6 is 0 Å². The van der Waals surface area contributed by atoms with Crippen LogP contribution in [-0.4, -0.2) is 73.5 Å². The number of nitrogens with zero attached hydrogens (tertiary/aromatic N) is 3. The minimum Gasteiger partial charge on any atom is -0.480 e. The summed E-state index contributed by atoms with van der Waals surface area (Å²) in [6.07, 6.45) is 2.05. The zero-order chi connectivity index (χ0) is 24.3. The van der Waals surface area contributed by atoms with Crippen molar-refractivity contribution in [3.8, 4) is 0 Å². The first kappa shape index (κ1) is 25.2. The van der Waals surface area contributed by atoms with E-state index in [1.165, 1.54) is 17.4 Å². The molecule has 11 heteroatoms. The van der Waals surface area contributed by atoms with Gasteiger partial charge in [-0.3, -0.25) is 4.79 Å². The van der Waals surface area contributed by atoms with Gasteiger partial charge >= 0.3 is 18.2 Å². The highest BCUT2D eigenvalue weighted by Gasteiger charge is 2.38. The molecule has 2 rings (SSSR count). The summed E-state index contributed by atoms with van der Waals surface area (Å²) in [5.41, 5.74) is -1.14. The van der Waals surface area contributed by atoms with Crippen molar-refractivity contribution in [3.63, 3.8) is 0 Å². The first-order valence-electron chi connectivity index (χ1n) is 10.5. The van der Waals surface area contributed by atoms with E-state index >= 15 is 0 Å². The number of carbonyl (C=O) groups is 4. The molecule has 0 aliphatic carbocycles. The minimum absolute atomic E-state index is 0.0588. The Labute approximate surface area is 187 Å². The highest BCUT2D eigenvalue weighted by molar-refractivity contribution is 5.90. The van der Waals surface area contributed by atoms with Gasteiger partial charge in [-0.05, 0) is 54.4 Å². The molecule has 32 heavy (non-hydrogen) atoms. The molecule has 2 N–H and O–H groups in total. The van der Waals surface area contributed by atoms with Crippen LogP contribution in [0.25, 0.3) is 0 Å². The number of carbonyl (C=O) groups excluding carboxylic acids is 3. The summed E-state index contributed by atoms with van der Waals surface area (Å²) >= 11 is 0. The Morgan fingerprint density at radius 3 is 2.34 bits per heavy atom. The molecule has 1 saturated heterocycles. The number of likely N-dealkylation sites (tertiary alicyclic amines) is 1. The average molecular weight is 453 g/mol. The van der Waals surface area contributed by atoms with E-state index in [9.17, 15) is 24.3 Å². The van der Waals surface area contributed by atoms with Crippen LogP contribution in [-0.2, 0) is 25.5 Å². The molecule has 11 nitrogen and oxygen atoms in total. The number of carboxylic acids is 1. The second kappa shape index (κ2) is 9.58. The molecule has 1 fully saturated rings. The van der Waals surface area contributed by atoms with Crippen molar-refractivity contribution in [2.75, 3.05) is 6.54 Å². The fourth-order valence-corrected chi connectivity index (χ4v) is 3.23. The van der Waals surface area contributed by atoms with Crippen LogP contribution in [0, 0.1) is 0 Å². The van der Waals surface area contributed by atoms with Crippen molar-refractivity contribution in [3.05, 3.63) is 18.2 Å². The Kier molecular flexibility index (Phi) is 7.53. The summed E-state index contributed by atoms with van der Waals surface area (Å²) < 4.78 is 11.7. The number of hydrogen-bond donors (Lipinski definition) is 2. The quantitative estimate of drug-likeness (QED) is 0.693. The van der Waals surface area contributed by atoms with Gasteiger partial charge in [-0.25, -0.2) is 23.9 Å². The molecule has 1 aromatic rings. The number of ether oxygens (including phenoxy) is 2. The molecule has 2 heterocycles. The summed E-state index contributed by atoms with van der Waals surface area (Å²) in [6, 6.07) is -2.07. The maximum atomic E-state index is 13.2. The van der Waals surface area contributed by atoms with Crippen LogP contribution in [0.1, 0.15) is 60.1 Å². The number of nitrogens with one attached hydrogen (secondary N) is 1. The molecule has 1 aromatic heterocycles. The van der Waals surface area contributed by atoms with Crippen LogP contribution in [0.4, 0.5) is 9.59 Å². The molecule has 178 valence electrons.